The number of hydrogen-bond acceptors (Lipinski definition) is 12. The van der Waals surface area contributed by atoms with Gasteiger partial charge in [-0.25, -0.2) is 19.2 Å². The van der Waals surface area contributed by atoms with Gasteiger partial charge < -0.3 is 0 Å². The van der Waals surface area contributed by atoms with E-state index in [2.05, 4.69) is 20.0 Å². The molecule has 0 aliphatic carbocycles. The Labute approximate surface area is 142 Å². The van der Waals surface area contributed by atoms with E-state index in [0.717, 1.165) is 10.2 Å². The molecule has 12 heteroatoms. The molecule has 2 aliphatic rings. The second-order valence-corrected chi connectivity index (χ2v) is 8.50. The Hall–Kier alpha value is -1.08. The Morgan fingerprint density at radius 1 is 0.545 bits per heavy atom. The molecule has 2 rings (SSSR count). The molecule has 0 radical (unpaired) electrons. The lowest BCUT2D eigenvalue weighted by molar-refractivity contribution is 0.558. The van der Waals surface area contributed by atoms with E-state index in [9.17, 15) is 19.2 Å². The van der Waals surface area contributed by atoms with Crippen LogP contribution in [0.2, 0.25) is 0 Å². The van der Waals surface area contributed by atoms with Crippen molar-refractivity contribution < 1.29 is 19.2 Å². The molecule has 22 heavy (non-hydrogen) atoms. The van der Waals surface area contributed by atoms with Crippen LogP contribution in [0.3, 0.4) is 0 Å². The minimum atomic E-state index is -0.251. The maximum atomic E-state index is 9.86. The van der Waals surface area contributed by atoms with Gasteiger partial charge >= 0.3 is 0 Å². The van der Waals surface area contributed by atoms with Gasteiger partial charge in [0.05, 0.1) is 0 Å². The first-order valence-electron chi connectivity index (χ1n) is 5.51. The van der Waals surface area contributed by atoms with Crippen LogP contribution in [-0.2, 0) is 19.2 Å². The van der Waals surface area contributed by atoms with Crippen LogP contribution >= 0.6 is 47.0 Å². The maximum absolute atomic E-state index is 9.86. The van der Waals surface area contributed by atoms with Gasteiger partial charge in [-0.3, -0.25) is 0 Å². The molecular formula is C10H8N4O4S4. The van der Waals surface area contributed by atoms with Gasteiger partial charge in [0.25, 0.3) is 0 Å². The molecule has 0 saturated carbocycles. The van der Waals surface area contributed by atoms with Gasteiger partial charge in [-0.15, -0.1) is 47.0 Å². The lowest BCUT2D eigenvalue weighted by atomic mass is 10.6. The number of rotatable bonds is 4. The van der Waals surface area contributed by atoms with Crippen molar-refractivity contribution in [1.82, 2.24) is 0 Å². The van der Waals surface area contributed by atoms with Crippen molar-refractivity contribution in [2.24, 2.45) is 20.0 Å². The Bertz CT molecular complexity index is 467. The van der Waals surface area contributed by atoms with Gasteiger partial charge in [0.1, 0.15) is 21.5 Å². The third-order valence-electron chi connectivity index (χ3n) is 2.16. The van der Waals surface area contributed by atoms with Crippen molar-refractivity contribution in [3.8, 4) is 0 Å². The Morgan fingerprint density at radius 2 is 0.773 bits per heavy atom. The predicted octanol–water partition coefficient (Wildman–Crippen LogP) is 1.50. The van der Waals surface area contributed by atoms with Crippen LogP contribution < -0.4 is 0 Å². The first kappa shape index (κ1) is 19.0. The Morgan fingerprint density at radius 3 is 0.955 bits per heavy atom. The average molecular weight is 376 g/mol. The van der Waals surface area contributed by atoms with Crippen LogP contribution in [0.1, 0.15) is 0 Å². The van der Waals surface area contributed by atoms with E-state index in [4.69, 9.17) is 0 Å². The molecule has 4 atom stereocenters. The quantitative estimate of drug-likeness (QED) is 0.535. The largest absolute Gasteiger partial charge is 0.236 e. The molecule has 2 fully saturated rings. The topological polar surface area (TPSA) is 118 Å². The summed E-state index contributed by atoms with van der Waals surface area (Å²) >= 11 is 5.90. The molecule has 0 N–H and O–H groups in total. The van der Waals surface area contributed by atoms with Crippen LogP contribution in [0.15, 0.2) is 20.0 Å². The number of thioether (sulfide) groups is 4. The molecule has 2 saturated heterocycles. The molecule has 8 nitrogen and oxygen atoms in total. The lowest BCUT2D eigenvalue weighted by Crippen LogP contribution is -2.08. The fraction of sp³-hybridized carbons (Fsp3) is 0.600. The summed E-state index contributed by atoms with van der Waals surface area (Å²) in [5.74, 6) is 0. The first-order chi connectivity index (χ1) is 10.8. The lowest BCUT2D eigenvalue weighted by Gasteiger charge is -2.02. The molecular weight excluding hydrogens is 368 g/mol. The summed E-state index contributed by atoms with van der Waals surface area (Å²) in [6.07, 6.45) is 5.80. The zero-order valence-electron chi connectivity index (χ0n) is 10.8. The summed E-state index contributed by atoms with van der Waals surface area (Å²) in [5.41, 5.74) is 0. The zero-order valence-corrected chi connectivity index (χ0v) is 14.0. The average Bonchev–Trinajstić information content (AvgIpc) is 3.12. The standard InChI is InChI=1S/2C5H4N2O2S2/c2*8-1-6-4-5(7-2-9)11-3-10-4/h2*4-5H,3H2. The highest BCUT2D eigenvalue weighted by atomic mass is 32.2. The minimum Gasteiger partial charge on any atom is -0.211 e. The Balaban J connectivity index is 0.000000220. The van der Waals surface area contributed by atoms with Crippen molar-refractivity contribution in [3.63, 3.8) is 0 Å². The summed E-state index contributed by atoms with van der Waals surface area (Å²) in [4.78, 5) is 53.4. The van der Waals surface area contributed by atoms with E-state index in [1.54, 1.807) is 0 Å². The van der Waals surface area contributed by atoms with Gasteiger partial charge in [-0.2, -0.15) is 20.0 Å². The van der Waals surface area contributed by atoms with Crippen LogP contribution in [0.25, 0.3) is 0 Å². The summed E-state index contributed by atoms with van der Waals surface area (Å²) in [6.45, 7) is 0. The van der Waals surface area contributed by atoms with E-state index in [0.29, 0.717) is 0 Å². The van der Waals surface area contributed by atoms with Crippen molar-refractivity contribution in [2.45, 2.75) is 21.5 Å². The smallest absolute Gasteiger partial charge is 0.211 e. The van der Waals surface area contributed by atoms with Crippen LogP contribution in [0, 0.1) is 0 Å². The number of carbonyl (C=O) groups excluding carboxylic acids is 4. The molecule has 2 aliphatic heterocycles. The number of aliphatic imine (C=N–C) groups is 4. The van der Waals surface area contributed by atoms with Gasteiger partial charge in [0, 0.05) is 10.2 Å². The van der Waals surface area contributed by atoms with Crippen LogP contribution in [0.4, 0.5) is 0 Å². The van der Waals surface area contributed by atoms with Crippen LogP contribution in [0.5, 0.6) is 0 Å². The third kappa shape index (κ3) is 6.36. The molecule has 0 aromatic carbocycles. The first-order valence-corrected chi connectivity index (χ1v) is 9.70. The molecule has 2 heterocycles. The van der Waals surface area contributed by atoms with E-state index in [1.807, 2.05) is 0 Å². The van der Waals surface area contributed by atoms with Crippen molar-refractivity contribution in [3.05, 3.63) is 0 Å². The third-order valence-corrected chi connectivity index (χ3v) is 7.50. The molecule has 0 bridgehead atoms. The summed E-state index contributed by atoms with van der Waals surface area (Å²) in [6, 6.07) is 0. The van der Waals surface area contributed by atoms with Gasteiger partial charge in [-0.05, 0) is 0 Å². The van der Waals surface area contributed by atoms with E-state index >= 15 is 0 Å². The monoisotopic (exact) mass is 376 g/mol. The fourth-order valence-electron chi connectivity index (χ4n) is 1.30. The number of hydrogen-bond donors (Lipinski definition) is 0. The predicted molar refractivity (Wildman–Crippen MR) is 87.7 cm³/mol. The van der Waals surface area contributed by atoms with Crippen LogP contribution in [-0.4, -0.2) is 56.0 Å². The molecule has 4 unspecified atom stereocenters. The van der Waals surface area contributed by atoms with Gasteiger partial charge in [0.2, 0.25) is 24.3 Å². The van der Waals surface area contributed by atoms with E-state index < -0.39 is 0 Å². The second-order valence-electron chi connectivity index (χ2n) is 3.35. The molecule has 0 amide bonds. The van der Waals surface area contributed by atoms with Gasteiger partial charge in [0.15, 0.2) is 0 Å². The summed E-state index contributed by atoms with van der Waals surface area (Å²) in [5, 5.41) is 0.591. The highest BCUT2D eigenvalue weighted by Gasteiger charge is 2.28. The number of isocyanates is 4. The van der Waals surface area contributed by atoms with E-state index in [1.165, 1.54) is 71.4 Å². The molecule has 0 aromatic rings. The fourth-order valence-corrected chi connectivity index (χ4v) is 6.47. The van der Waals surface area contributed by atoms with Gasteiger partial charge in [-0.1, -0.05) is 0 Å². The summed E-state index contributed by atoms with van der Waals surface area (Å²) < 4.78 is 0. The SMILES string of the molecule is O=C=NC1SCSC1N=C=O.O=C=NC1SCSC1N=C=O. The molecule has 0 spiro atoms. The summed E-state index contributed by atoms with van der Waals surface area (Å²) in [7, 11) is 0. The number of nitrogens with zero attached hydrogens (tertiary/aromatic N) is 4. The molecule has 0 aromatic heterocycles. The zero-order chi connectivity index (χ0) is 16.2. The minimum absolute atomic E-state index is 0.251. The van der Waals surface area contributed by atoms with Crippen molar-refractivity contribution in [2.75, 3.05) is 10.2 Å². The van der Waals surface area contributed by atoms with Crippen molar-refractivity contribution >= 4 is 71.4 Å². The highest BCUT2D eigenvalue weighted by molar-refractivity contribution is 8.20. The Kier molecular flexibility index (Phi) is 9.90. The van der Waals surface area contributed by atoms with Crippen molar-refractivity contribution in [1.29, 1.82) is 0 Å². The maximum Gasteiger partial charge on any atom is 0.236 e. The highest BCUT2D eigenvalue weighted by Crippen LogP contribution is 2.38. The van der Waals surface area contributed by atoms with E-state index in [-0.39, 0.29) is 21.5 Å². The normalized spacial score (nSPS) is 28.7. The molecule has 116 valence electrons. The second kappa shape index (κ2) is 11.5.